The van der Waals surface area contributed by atoms with Crippen LogP contribution < -0.4 is 5.32 Å². The Hall–Kier alpha value is -2.41. The highest BCUT2D eigenvalue weighted by Gasteiger charge is 2.33. The van der Waals surface area contributed by atoms with E-state index in [1.165, 1.54) is 30.3 Å². The lowest BCUT2D eigenvalue weighted by molar-refractivity contribution is 0.0519. The molecule has 5 nitrogen and oxygen atoms in total. The second-order valence-electron chi connectivity index (χ2n) is 6.41. The van der Waals surface area contributed by atoms with Gasteiger partial charge in [-0.1, -0.05) is 36.4 Å². The number of amides is 1. The van der Waals surface area contributed by atoms with Crippen molar-refractivity contribution in [3.63, 3.8) is 0 Å². The number of carbonyl (C=O) groups is 1. The van der Waals surface area contributed by atoms with Crippen molar-refractivity contribution >= 4 is 15.9 Å². The summed E-state index contributed by atoms with van der Waals surface area (Å²) in [6.45, 7) is 4.95. The van der Waals surface area contributed by atoms with Crippen LogP contribution in [0.3, 0.4) is 0 Å². The topological polar surface area (TPSA) is 72.5 Å². The molecule has 0 aromatic heterocycles. The van der Waals surface area contributed by atoms with E-state index in [2.05, 4.69) is 5.32 Å². The molecule has 134 valence electrons. The first-order valence-corrected chi connectivity index (χ1v) is 9.19. The summed E-state index contributed by atoms with van der Waals surface area (Å²) in [4.78, 5) is 12.1. The second-order valence-corrected chi connectivity index (χ2v) is 8.44. The Bertz CT molecular complexity index is 845. The molecule has 0 aliphatic heterocycles. The number of rotatable bonds is 4. The normalized spacial score (nSPS) is 13.1. The molecule has 0 fully saturated rings. The maximum absolute atomic E-state index is 14.2. The summed E-state index contributed by atoms with van der Waals surface area (Å²) in [6.07, 6.45) is -0.944. The van der Waals surface area contributed by atoms with E-state index in [1.54, 1.807) is 39.0 Å². The molecule has 1 unspecified atom stereocenters. The minimum Gasteiger partial charge on any atom is -0.444 e. The van der Waals surface area contributed by atoms with Crippen LogP contribution in [0, 0.1) is 5.82 Å². The lowest BCUT2D eigenvalue weighted by atomic mass is 10.2. The van der Waals surface area contributed by atoms with Crippen LogP contribution in [-0.2, 0) is 14.6 Å². The Morgan fingerprint density at radius 1 is 1.04 bits per heavy atom. The molecule has 0 aliphatic carbocycles. The summed E-state index contributed by atoms with van der Waals surface area (Å²) < 4.78 is 45.2. The highest BCUT2D eigenvalue weighted by Crippen LogP contribution is 2.28. The van der Waals surface area contributed by atoms with Crippen LogP contribution in [0.15, 0.2) is 59.5 Å². The predicted molar refractivity (Wildman–Crippen MR) is 92.1 cm³/mol. The molecule has 1 amide bonds. The van der Waals surface area contributed by atoms with Crippen LogP contribution in [0.25, 0.3) is 0 Å². The Balaban J connectivity index is 2.47. The molecule has 0 aliphatic rings. The Morgan fingerprint density at radius 2 is 1.60 bits per heavy atom. The molecule has 0 heterocycles. The number of nitrogens with one attached hydrogen (secondary N) is 1. The molecule has 0 bridgehead atoms. The van der Waals surface area contributed by atoms with Gasteiger partial charge in [0.15, 0.2) is 5.37 Å². The molecule has 0 radical (unpaired) electrons. The van der Waals surface area contributed by atoms with E-state index in [9.17, 15) is 17.6 Å². The molecule has 0 saturated carbocycles. The molecule has 0 spiro atoms. The second kappa shape index (κ2) is 7.23. The minimum absolute atomic E-state index is 0.0284. The lowest BCUT2D eigenvalue weighted by Gasteiger charge is -2.24. The monoisotopic (exact) mass is 365 g/mol. The van der Waals surface area contributed by atoms with E-state index in [4.69, 9.17) is 4.74 Å². The van der Waals surface area contributed by atoms with Crippen molar-refractivity contribution in [2.45, 2.75) is 36.6 Å². The highest BCUT2D eigenvalue weighted by molar-refractivity contribution is 7.91. The molecule has 2 rings (SSSR count). The molecule has 2 aromatic carbocycles. The summed E-state index contributed by atoms with van der Waals surface area (Å²) in [5.41, 5.74) is -0.974. The van der Waals surface area contributed by atoms with Crippen LogP contribution in [0.4, 0.5) is 9.18 Å². The zero-order chi connectivity index (χ0) is 18.7. The summed E-state index contributed by atoms with van der Waals surface area (Å²) in [5, 5.41) is 0.675. The predicted octanol–water partition coefficient (Wildman–Crippen LogP) is 3.82. The average molecular weight is 365 g/mol. The summed E-state index contributed by atoms with van der Waals surface area (Å²) >= 11 is 0. The zero-order valence-corrected chi connectivity index (χ0v) is 15.0. The Labute approximate surface area is 146 Å². The molecule has 1 atom stereocenters. The van der Waals surface area contributed by atoms with E-state index in [1.807, 2.05) is 0 Å². The van der Waals surface area contributed by atoms with Gasteiger partial charge in [0.25, 0.3) is 0 Å². The molecular formula is C18H20FNO4S. The first-order chi connectivity index (χ1) is 11.6. The maximum Gasteiger partial charge on any atom is 0.408 e. The largest absolute Gasteiger partial charge is 0.444 e. The van der Waals surface area contributed by atoms with Gasteiger partial charge in [-0.25, -0.2) is 17.6 Å². The van der Waals surface area contributed by atoms with Crippen molar-refractivity contribution in [2.75, 3.05) is 0 Å². The van der Waals surface area contributed by atoms with Crippen LogP contribution in [0.5, 0.6) is 0 Å². The zero-order valence-electron chi connectivity index (χ0n) is 14.2. The van der Waals surface area contributed by atoms with Gasteiger partial charge in [0.2, 0.25) is 9.84 Å². The molecule has 7 heteroatoms. The molecule has 0 saturated heterocycles. The highest BCUT2D eigenvalue weighted by atomic mass is 32.2. The average Bonchev–Trinajstić information content (AvgIpc) is 2.52. The molecule has 2 aromatic rings. The Morgan fingerprint density at radius 3 is 2.16 bits per heavy atom. The summed E-state index contributed by atoms with van der Waals surface area (Å²) in [5.74, 6) is -0.733. The molecule has 1 N–H and O–H groups in total. The van der Waals surface area contributed by atoms with Gasteiger partial charge >= 0.3 is 6.09 Å². The molecule has 25 heavy (non-hydrogen) atoms. The third kappa shape index (κ3) is 4.79. The number of benzene rings is 2. The maximum atomic E-state index is 14.2. The van der Waals surface area contributed by atoms with Gasteiger partial charge in [0.1, 0.15) is 11.4 Å². The number of alkyl carbamates (subject to hydrolysis) is 1. The van der Waals surface area contributed by atoms with Crippen molar-refractivity contribution in [1.82, 2.24) is 5.32 Å². The van der Waals surface area contributed by atoms with Crippen LogP contribution in [0.1, 0.15) is 31.7 Å². The number of carbonyl (C=O) groups excluding carboxylic acids is 1. The van der Waals surface area contributed by atoms with Crippen molar-refractivity contribution in [1.29, 1.82) is 0 Å². The number of sulfone groups is 1. The fourth-order valence-electron chi connectivity index (χ4n) is 2.17. The van der Waals surface area contributed by atoms with Gasteiger partial charge in [-0.3, -0.25) is 0 Å². The van der Waals surface area contributed by atoms with Gasteiger partial charge in [-0.15, -0.1) is 0 Å². The van der Waals surface area contributed by atoms with E-state index in [0.29, 0.717) is 0 Å². The number of hydrogen-bond acceptors (Lipinski definition) is 4. The Kier molecular flexibility index (Phi) is 5.47. The van der Waals surface area contributed by atoms with Crippen LogP contribution in [0.2, 0.25) is 0 Å². The van der Waals surface area contributed by atoms with Crippen LogP contribution in [-0.4, -0.2) is 20.1 Å². The fourth-order valence-corrected chi connectivity index (χ4v) is 3.76. The van der Waals surface area contributed by atoms with Crippen molar-refractivity contribution < 1.29 is 22.3 Å². The van der Waals surface area contributed by atoms with Gasteiger partial charge in [-0.05, 0) is 39.0 Å². The van der Waals surface area contributed by atoms with Crippen molar-refractivity contribution in [3.05, 3.63) is 66.0 Å². The van der Waals surface area contributed by atoms with Gasteiger partial charge in [0, 0.05) is 5.56 Å². The van der Waals surface area contributed by atoms with E-state index < -0.39 is 32.7 Å². The molecular weight excluding hydrogens is 345 g/mol. The third-order valence-electron chi connectivity index (χ3n) is 3.22. The first-order valence-electron chi connectivity index (χ1n) is 7.64. The smallest absolute Gasteiger partial charge is 0.408 e. The van der Waals surface area contributed by atoms with Gasteiger partial charge in [0.05, 0.1) is 4.90 Å². The summed E-state index contributed by atoms with van der Waals surface area (Å²) in [7, 11) is -4.08. The van der Waals surface area contributed by atoms with Crippen LogP contribution >= 0.6 is 0 Å². The van der Waals surface area contributed by atoms with Crippen molar-refractivity contribution in [2.24, 2.45) is 0 Å². The van der Waals surface area contributed by atoms with Crippen molar-refractivity contribution in [3.8, 4) is 0 Å². The van der Waals surface area contributed by atoms with E-state index in [0.717, 1.165) is 6.07 Å². The fraction of sp³-hybridized carbons (Fsp3) is 0.278. The number of ether oxygens (including phenoxy) is 1. The quantitative estimate of drug-likeness (QED) is 0.894. The third-order valence-corrected chi connectivity index (χ3v) is 5.14. The summed E-state index contributed by atoms with van der Waals surface area (Å²) in [6, 6.07) is 13.0. The SMILES string of the molecule is CC(C)(C)OC(=O)NC(c1ccccc1F)S(=O)(=O)c1ccccc1. The first kappa shape index (κ1) is 18.9. The lowest BCUT2D eigenvalue weighted by Crippen LogP contribution is -2.38. The van der Waals surface area contributed by atoms with Gasteiger partial charge < -0.3 is 10.1 Å². The number of hydrogen-bond donors (Lipinski definition) is 1. The standard InChI is InChI=1S/C18H20FNO4S/c1-18(2,3)24-17(21)20-16(14-11-7-8-12-15(14)19)25(22,23)13-9-5-4-6-10-13/h4-12,16H,1-3H3,(H,20,21). The minimum atomic E-state index is -4.08. The number of halogens is 1. The van der Waals surface area contributed by atoms with E-state index >= 15 is 0 Å². The van der Waals surface area contributed by atoms with Gasteiger partial charge in [-0.2, -0.15) is 0 Å². The van der Waals surface area contributed by atoms with E-state index in [-0.39, 0.29) is 10.5 Å².